The Morgan fingerprint density at radius 2 is 2.36 bits per heavy atom. The van der Waals surface area contributed by atoms with Gasteiger partial charge in [-0.15, -0.1) is 0 Å². The van der Waals surface area contributed by atoms with Crippen LogP contribution in [-0.4, -0.2) is 18.5 Å². The molecule has 1 aliphatic rings. The third-order valence-corrected chi connectivity index (χ3v) is 2.73. The third-order valence-electron chi connectivity index (χ3n) is 2.73. The highest BCUT2D eigenvalue weighted by Crippen LogP contribution is 2.15. The van der Waals surface area contributed by atoms with Crippen molar-refractivity contribution in [3.05, 3.63) is 12.2 Å². The van der Waals surface area contributed by atoms with Crippen LogP contribution in [0.25, 0.3) is 0 Å². The van der Waals surface area contributed by atoms with Crippen LogP contribution in [0, 0.1) is 5.41 Å². The Hall–Kier alpha value is -0.830. The molecule has 0 radical (unpaired) electrons. The number of primary amides is 1. The highest BCUT2D eigenvalue weighted by molar-refractivity contribution is 5.80. The van der Waals surface area contributed by atoms with Crippen LogP contribution < -0.4 is 11.1 Å². The highest BCUT2D eigenvalue weighted by atomic mass is 16.1. The summed E-state index contributed by atoms with van der Waals surface area (Å²) in [5.41, 5.74) is 4.84. The Kier molecular flexibility index (Phi) is 3.69. The lowest BCUT2D eigenvalue weighted by molar-refractivity contribution is -0.125. The summed E-state index contributed by atoms with van der Waals surface area (Å²) in [6.45, 7) is 4.39. The van der Waals surface area contributed by atoms with Crippen LogP contribution >= 0.6 is 0 Å². The van der Waals surface area contributed by atoms with Crippen LogP contribution in [0.4, 0.5) is 0 Å². The first-order chi connectivity index (χ1) is 6.52. The van der Waals surface area contributed by atoms with Crippen LogP contribution in [0.5, 0.6) is 0 Å². The molecule has 0 aromatic heterocycles. The Morgan fingerprint density at radius 3 is 2.86 bits per heavy atom. The Labute approximate surface area is 85.7 Å². The molecule has 0 aromatic rings. The van der Waals surface area contributed by atoms with Gasteiger partial charge in [-0.2, -0.15) is 0 Å². The van der Waals surface area contributed by atoms with Crippen molar-refractivity contribution < 1.29 is 4.79 Å². The third kappa shape index (κ3) is 3.14. The fourth-order valence-electron chi connectivity index (χ4n) is 1.46. The number of carbonyl (C=O) groups excluding carboxylic acids is 1. The predicted octanol–water partition coefficient (Wildman–Crippen LogP) is 1.20. The molecule has 0 heterocycles. The summed E-state index contributed by atoms with van der Waals surface area (Å²) in [5.74, 6) is -0.246. The van der Waals surface area contributed by atoms with Gasteiger partial charge in [-0.05, 0) is 33.1 Å². The van der Waals surface area contributed by atoms with E-state index in [0.29, 0.717) is 12.6 Å². The van der Waals surface area contributed by atoms with Gasteiger partial charge < -0.3 is 11.1 Å². The molecule has 0 saturated heterocycles. The SMILES string of the molecule is CC(C)(CNC1C=CCCC1)C(N)=O. The maximum absolute atomic E-state index is 11.1. The summed E-state index contributed by atoms with van der Waals surface area (Å²) in [5, 5.41) is 3.36. The molecule has 3 N–H and O–H groups in total. The molecule has 1 rings (SSSR count). The van der Waals surface area contributed by atoms with Crippen molar-refractivity contribution in [3.63, 3.8) is 0 Å². The zero-order valence-electron chi connectivity index (χ0n) is 9.05. The van der Waals surface area contributed by atoms with Gasteiger partial charge in [-0.1, -0.05) is 12.2 Å². The van der Waals surface area contributed by atoms with Crippen LogP contribution in [0.2, 0.25) is 0 Å². The molecule has 1 amide bonds. The number of nitrogens with one attached hydrogen (secondary N) is 1. The molecule has 1 unspecified atom stereocenters. The number of allylic oxidation sites excluding steroid dienone is 1. The largest absolute Gasteiger partial charge is 0.369 e. The summed E-state index contributed by atoms with van der Waals surface area (Å²) in [6, 6.07) is 0.419. The molecule has 0 saturated carbocycles. The molecule has 0 aromatic carbocycles. The van der Waals surface area contributed by atoms with Crippen molar-refractivity contribution in [2.45, 2.75) is 39.2 Å². The average molecular weight is 196 g/mol. The number of amides is 1. The Balaban J connectivity index is 2.35. The molecule has 0 fully saturated rings. The maximum Gasteiger partial charge on any atom is 0.224 e. The summed E-state index contributed by atoms with van der Waals surface area (Å²) >= 11 is 0. The standard InChI is InChI=1S/C11H20N2O/c1-11(2,10(12)14)8-13-9-6-4-3-5-7-9/h4,6,9,13H,3,5,7-8H2,1-2H3,(H2,12,14). The van der Waals surface area contributed by atoms with Gasteiger partial charge in [0.2, 0.25) is 5.91 Å². The first-order valence-corrected chi connectivity index (χ1v) is 5.22. The second-order valence-corrected chi connectivity index (χ2v) is 4.59. The minimum Gasteiger partial charge on any atom is -0.369 e. The lowest BCUT2D eigenvalue weighted by Crippen LogP contribution is -2.43. The molecule has 3 nitrogen and oxygen atoms in total. The normalized spacial score (nSPS) is 22.3. The highest BCUT2D eigenvalue weighted by Gasteiger charge is 2.25. The maximum atomic E-state index is 11.1. The van der Waals surface area contributed by atoms with Crippen molar-refractivity contribution in [2.24, 2.45) is 11.1 Å². The van der Waals surface area contributed by atoms with Crippen LogP contribution in [0.15, 0.2) is 12.2 Å². The lowest BCUT2D eigenvalue weighted by Gasteiger charge is -2.25. The first-order valence-electron chi connectivity index (χ1n) is 5.22. The van der Waals surface area contributed by atoms with Crippen LogP contribution in [-0.2, 0) is 4.79 Å². The van der Waals surface area contributed by atoms with Gasteiger partial charge in [0.05, 0.1) is 5.41 Å². The average Bonchev–Trinajstić information content (AvgIpc) is 2.16. The van der Waals surface area contributed by atoms with Gasteiger partial charge in [0.1, 0.15) is 0 Å². The quantitative estimate of drug-likeness (QED) is 0.664. The molecule has 0 aliphatic heterocycles. The lowest BCUT2D eigenvalue weighted by atomic mass is 9.91. The van der Waals surface area contributed by atoms with E-state index in [0.717, 1.165) is 6.42 Å². The van der Waals surface area contributed by atoms with Gasteiger partial charge >= 0.3 is 0 Å². The summed E-state index contributed by atoms with van der Waals surface area (Å²) in [4.78, 5) is 11.1. The van der Waals surface area contributed by atoms with Crippen LogP contribution in [0.3, 0.4) is 0 Å². The summed E-state index contributed by atoms with van der Waals surface area (Å²) in [7, 11) is 0. The first kappa shape index (κ1) is 11.2. The van der Waals surface area contributed by atoms with Gasteiger partial charge in [0.25, 0.3) is 0 Å². The molecule has 0 bridgehead atoms. The number of nitrogens with two attached hydrogens (primary N) is 1. The smallest absolute Gasteiger partial charge is 0.224 e. The molecular formula is C11H20N2O. The van der Waals surface area contributed by atoms with Crippen molar-refractivity contribution in [1.29, 1.82) is 0 Å². The Bertz CT molecular complexity index is 233. The van der Waals surface area contributed by atoms with Gasteiger partial charge in [-0.3, -0.25) is 4.79 Å². The van der Waals surface area contributed by atoms with E-state index in [9.17, 15) is 4.79 Å². The number of hydrogen-bond donors (Lipinski definition) is 2. The molecular weight excluding hydrogens is 176 g/mol. The van der Waals surface area contributed by atoms with Gasteiger partial charge in [-0.25, -0.2) is 0 Å². The fraction of sp³-hybridized carbons (Fsp3) is 0.727. The van der Waals surface area contributed by atoms with Crippen molar-refractivity contribution in [3.8, 4) is 0 Å². The molecule has 80 valence electrons. The molecule has 0 spiro atoms. The van der Waals surface area contributed by atoms with Crippen molar-refractivity contribution in [2.75, 3.05) is 6.54 Å². The summed E-state index contributed by atoms with van der Waals surface area (Å²) < 4.78 is 0. The van der Waals surface area contributed by atoms with Crippen molar-refractivity contribution in [1.82, 2.24) is 5.32 Å². The molecule has 1 atom stereocenters. The van der Waals surface area contributed by atoms with E-state index < -0.39 is 5.41 Å². The van der Waals surface area contributed by atoms with E-state index in [2.05, 4.69) is 17.5 Å². The molecule has 1 aliphatic carbocycles. The monoisotopic (exact) mass is 196 g/mol. The number of hydrogen-bond acceptors (Lipinski definition) is 2. The molecule has 3 heteroatoms. The summed E-state index contributed by atoms with van der Waals surface area (Å²) in [6.07, 6.45) is 7.94. The molecule has 14 heavy (non-hydrogen) atoms. The van der Waals surface area contributed by atoms with E-state index in [1.165, 1.54) is 12.8 Å². The topological polar surface area (TPSA) is 55.1 Å². The number of carbonyl (C=O) groups is 1. The van der Waals surface area contributed by atoms with Crippen LogP contribution in [0.1, 0.15) is 33.1 Å². The van der Waals surface area contributed by atoms with Gasteiger partial charge in [0, 0.05) is 12.6 Å². The van der Waals surface area contributed by atoms with E-state index in [-0.39, 0.29) is 5.91 Å². The second-order valence-electron chi connectivity index (χ2n) is 4.59. The van der Waals surface area contributed by atoms with Crippen molar-refractivity contribution >= 4 is 5.91 Å². The van der Waals surface area contributed by atoms with E-state index in [1.807, 2.05) is 13.8 Å². The predicted molar refractivity (Wildman–Crippen MR) is 57.8 cm³/mol. The minimum absolute atomic E-state index is 0.246. The second kappa shape index (κ2) is 4.60. The zero-order valence-corrected chi connectivity index (χ0v) is 9.05. The van der Waals surface area contributed by atoms with E-state index in [4.69, 9.17) is 5.73 Å². The Morgan fingerprint density at radius 1 is 1.64 bits per heavy atom. The zero-order chi connectivity index (χ0) is 10.6. The van der Waals surface area contributed by atoms with E-state index in [1.54, 1.807) is 0 Å². The van der Waals surface area contributed by atoms with E-state index >= 15 is 0 Å². The minimum atomic E-state index is -0.453. The number of rotatable bonds is 4. The fourth-order valence-corrected chi connectivity index (χ4v) is 1.46. The van der Waals surface area contributed by atoms with Gasteiger partial charge in [0.15, 0.2) is 0 Å².